The molecule has 3 aromatic carbocycles. The van der Waals surface area contributed by atoms with Crippen LogP contribution in [0, 0.1) is 0 Å². The number of amides is 1. The van der Waals surface area contributed by atoms with Crippen LogP contribution in [0.5, 0.6) is 5.75 Å². The van der Waals surface area contributed by atoms with Gasteiger partial charge >= 0.3 is 0 Å². The lowest BCUT2D eigenvalue weighted by Crippen LogP contribution is -2.34. The number of aryl methyl sites for hydroxylation is 1. The maximum atomic E-state index is 12.5. The fourth-order valence-electron chi connectivity index (χ4n) is 3.48. The number of carbonyl (C=O) groups excluding carboxylic acids is 1. The van der Waals surface area contributed by atoms with Gasteiger partial charge in [0.1, 0.15) is 11.3 Å². The zero-order chi connectivity index (χ0) is 23.9. The Kier molecular flexibility index (Phi) is 7.54. The molecule has 0 fully saturated rings. The first-order valence-corrected chi connectivity index (χ1v) is 11.8. The third-order valence-electron chi connectivity index (χ3n) is 5.27. The molecule has 0 aliphatic heterocycles. The molecule has 7 heteroatoms. The maximum absolute atomic E-state index is 12.5. The highest BCUT2D eigenvalue weighted by Crippen LogP contribution is 2.20. The van der Waals surface area contributed by atoms with E-state index in [0.717, 1.165) is 35.2 Å². The van der Waals surface area contributed by atoms with Crippen LogP contribution in [0.1, 0.15) is 47.6 Å². The standard InChI is InChI=1S/C27H27N3O3S/c1-3-14-32-22-7-5-6-20(17-22)26(31)30-27(34)28-21-11-8-19(9-12-21)16-25-29-23-15-18(4-2)10-13-24(23)33-25/h5-13,15,17H,3-4,14,16H2,1-2H3,(H2,28,30,31,34). The van der Waals surface area contributed by atoms with Gasteiger partial charge in [0.15, 0.2) is 16.6 Å². The first-order chi connectivity index (χ1) is 16.5. The molecule has 0 saturated carbocycles. The van der Waals surface area contributed by atoms with E-state index in [9.17, 15) is 4.79 Å². The summed E-state index contributed by atoms with van der Waals surface area (Å²) in [6.45, 7) is 4.76. The number of nitrogens with zero attached hydrogens (tertiary/aromatic N) is 1. The number of hydrogen-bond acceptors (Lipinski definition) is 5. The number of anilines is 1. The summed E-state index contributed by atoms with van der Waals surface area (Å²) in [5.41, 5.74) is 5.25. The SMILES string of the molecule is CCCOc1cccc(C(=O)NC(=S)Nc2ccc(Cc3nc4cc(CC)ccc4o3)cc2)c1. The van der Waals surface area contributed by atoms with Crippen LogP contribution < -0.4 is 15.4 Å². The van der Waals surface area contributed by atoms with Crippen molar-refractivity contribution >= 4 is 40.0 Å². The predicted molar refractivity (Wildman–Crippen MR) is 139 cm³/mol. The topological polar surface area (TPSA) is 76.4 Å². The highest BCUT2D eigenvalue weighted by molar-refractivity contribution is 7.80. The Balaban J connectivity index is 1.33. The molecule has 6 nitrogen and oxygen atoms in total. The van der Waals surface area contributed by atoms with E-state index in [0.29, 0.717) is 30.2 Å². The van der Waals surface area contributed by atoms with Crippen molar-refractivity contribution in [2.75, 3.05) is 11.9 Å². The van der Waals surface area contributed by atoms with Crippen LogP contribution in [0.3, 0.4) is 0 Å². The molecule has 4 rings (SSSR count). The Bertz CT molecular complexity index is 1300. The molecule has 2 N–H and O–H groups in total. The van der Waals surface area contributed by atoms with Crippen molar-refractivity contribution in [1.82, 2.24) is 10.3 Å². The summed E-state index contributed by atoms with van der Waals surface area (Å²) in [6.07, 6.45) is 2.46. The third kappa shape index (κ3) is 5.99. The molecule has 0 radical (unpaired) electrons. The Morgan fingerprint density at radius 1 is 1.03 bits per heavy atom. The summed E-state index contributed by atoms with van der Waals surface area (Å²) < 4.78 is 11.5. The highest BCUT2D eigenvalue weighted by Gasteiger charge is 2.10. The molecule has 0 bridgehead atoms. The van der Waals surface area contributed by atoms with Crippen LogP contribution in [-0.4, -0.2) is 22.6 Å². The lowest BCUT2D eigenvalue weighted by Gasteiger charge is -2.11. The van der Waals surface area contributed by atoms with E-state index in [1.807, 2.05) is 43.3 Å². The number of fused-ring (bicyclic) bond motifs is 1. The van der Waals surface area contributed by atoms with E-state index >= 15 is 0 Å². The number of carbonyl (C=O) groups is 1. The molecule has 1 heterocycles. The van der Waals surface area contributed by atoms with E-state index in [-0.39, 0.29) is 11.0 Å². The number of nitrogens with one attached hydrogen (secondary N) is 2. The van der Waals surface area contributed by atoms with Gasteiger partial charge in [-0.15, -0.1) is 0 Å². The van der Waals surface area contributed by atoms with Crippen LogP contribution in [0.2, 0.25) is 0 Å². The molecule has 34 heavy (non-hydrogen) atoms. The van der Waals surface area contributed by atoms with E-state index in [1.165, 1.54) is 5.56 Å². The first-order valence-electron chi connectivity index (χ1n) is 11.4. The van der Waals surface area contributed by atoms with Crippen molar-refractivity contribution in [2.45, 2.75) is 33.1 Å². The second-order valence-corrected chi connectivity index (χ2v) is 8.33. The van der Waals surface area contributed by atoms with Crippen LogP contribution in [0.4, 0.5) is 5.69 Å². The Morgan fingerprint density at radius 2 is 1.82 bits per heavy atom. The molecule has 0 spiro atoms. The van der Waals surface area contributed by atoms with E-state index in [2.05, 4.69) is 34.7 Å². The Labute approximate surface area is 204 Å². The molecular weight excluding hydrogens is 446 g/mol. The molecule has 1 amide bonds. The molecular formula is C27H27N3O3S. The van der Waals surface area contributed by atoms with Crippen molar-refractivity contribution in [3.05, 3.63) is 89.3 Å². The second-order valence-electron chi connectivity index (χ2n) is 7.92. The van der Waals surface area contributed by atoms with Crippen molar-refractivity contribution in [1.29, 1.82) is 0 Å². The molecule has 0 aliphatic rings. The fraction of sp³-hybridized carbons (Fsp3) is 0.222. The van der Waals surface area contributed by atoms with Gasteiger partial charge in [0, 0.05) is 17.7 Å². The van der Waals surface area contributed by atoms with Crippen molar-refractivity contribution in [3.63, 3.8) is 0 Å². The number of ether oxygens (including phenoxy) is 1. The van der Waals surface area contributed by atoms with Gasteiger partial charge in [0.2, 0.25) is 0 Å². The lowest BCUT2D eigenvalue weighted by molar-refractivity contribution is 0.0977. The smallest absolute Gasteiger partial charge is 0.257 e. The first kappa shape index (κ1) is 23.4. The van der Waals surface area contributed by atoms with Crippen molar-refractivity contribution < 1.29 is 13.9 Å². The van der Waals surface area contributed by atoms with E-state index < -0.39 is 0 Å². The summed E-state index contributed by atoms with van der Waals surface area (Å²) in [5, 5.41) is 5.98. The predicted octanol–water partition coefficient (Wildman–Crippen LogP) is 5.90. The summed E-state index contributed by atoms with van der Waals surface area (Å²) in [5.74, 6) is 1.05. The minimum absolute atomic E-state index is 0.225. The summed E-state index contributed by atoms with van der Waals surface area (Å²) in [4.78, 5) is 17.1. The number of oxazole rings is 1. The molecule has 0 saturated heterocycles. The normalized spacial score (nSPS) is 10.8. The van der Waals surface area contributed by atoms with Crippen LogP contribution >= 0.6 is 12.2 Å². The number of aromatic nitrogens is 1. The van der Waals surface area contributed by atoms with Gasteiger partial charge in [-0.1, -0.05) is 38.1 Å². The minimum Gasteiger partial charge on any atom is -0.494 e. The quantitative estimate of drug-likeness (QED) is 0.311. The number of rotatable bonds is 8. The monoisotopic (exact) mass is 473 g/mol. The molecule has 174 valence electrons. The summed E-state index contributed by atoms with van der Waals surface area (Å²) in [7, 11) is 0. The molecule has 1 aromatic heterocycles. The van der Waals surface area contributed by atoms with Crippen LogP contribution in [0.15, 0.2) is 71.1 Å². The van der Waals surface area contributed by atoms with Gasteiger partial charge in [-0.2, -0.15) is 0 Å². The Morgan fingerprint density at radius 3 is 2.59 bits per heavy atom. The summed E-state index contributed by atoms with van der Waals surface area (Å²) >= 11 is 5.31. The molecule has 4 aromatic rings. The van der Waals surface area contributed by atoms with Crippen molar-refractivity contribution in [2.24, 2.45) is 0 Å². The Hall–Kier alpha value is -3.71. The third-order valence-corrected chi connectivity index (χ3v) is 5.47. The molecule has 0 aliphatic carbocycles. The number of hydrogen-bond donors (Lipinski definition) is 2. The largest absolute Gasteiger partial charge is 0.494 e. The van der Waals surface area contributed by atoms with Crippen molar-refractivity contribution in [3.8, 4) is 5.75 Å². The van der Waals surface area contributed by atoms with Gasteiger partial charge < -0.3 is 14.5 Å². The lowest BCUT2D eigenvalue weighted by atomic mass is 10.1. The number of benzene rings is 3. The van der Waals surface area contributed by atoms with E-state index in [4.69, 9.17) is 21.4 Å². The van der Waals surface area contributed by atoms with Crippen LogP contribution in [-0.2, 0) is 12.8 Å². The average molecular weight is 474 g/mol. The maximum Gasteiger partial charge on any atom is 0.257 e. The van der Waals surface area contributed by atoms with Gasteiger partial charge in [0.05, 0.1) is 6.61 Å². The van der Waals surface area contributed by atoms with Gasteiger partial charge in [-0.3, -0.25) is 10.1 Å². The average Bonchev–Trinajstić information content (AvgIpc) is 3.25. The summed E-state index contributed by atoms with van der Waals surface area (Å²) in [6, 6.07) is 20.9. The number of thiocarbonyl (C=S) groups is 1. The molecule has 0 atom stereocenters. The fourth-order valence-corrected chi connectivity index (χ4v) is 3.69. The van der Waals surface area contributed by atoms with E-state index in [1.54, 1.807) is 18.2 Å². The second kappa shape index (κ2) is 10.9. The van der Waals surface area contributed by atoms with Gasteiger partial charge in [0.25, 0.3) is 5.91 Å². The minimum atomic E-state index is -0.293. The van der Waals surface area contributed by atoms with Gasteiger partial charge in [-0.05, 0) is 78.7 Å². The van der Waals surface area contributed by atoms with Crippen LogP contribution in [0.25, 0.3) is 11.1 Å². The molecule has 0 unspecified atom stereocenters. The zero-order valence-electron chi connectivity index (χ0n) is 19.3. The van der Waals surface area contributed by atoms with Gasteiger partial charge in [-0.25, -0.2) is 4.98 Å². The highest BCUT2D eigenvalue weighted by atomic mass is 32.1. The zero-order valence-corrected chi connectivity index (χ0v) is 20.1.